The number of nitrogens with two attached hydrogens (primary N) is 2. The van der Waals surface area contributed by atoms with E-state index in [9.17, 15) is 26.4 Å². The van der Waals surface area contributed by atoms with Crippen LogP contribution in [0.5, 0.6) is 0 Å². The fourth-order valence-corrected chi connectivity index (χ4v) is 4.79. The van der Waals surface area contributed by atoms with Gasteiger partial charge in [0.05, 0.1) is 16.1 Å². The Morgan fingerprint density at radius 3 is 2.17 bits per heavy atom. The molecule has 7 N–H and O–H groups in total. The van der Waals surface area contributed by atoms with Gasteiger partial charge in [-0.1, -0.05) is 48.5 Å². The molecule has 0 aliphatic rings. The van der Waals surface area contributed by atoms with Crippen molar-refractivity contribution in [3.63, 3.8) is 0 Å². The molecule has 1 amide bonds. The number of aromatic nitrogens is 1. The van der Waals surface area contributed by atoms with Crippen LogP contribution in [0.25, 0.3) is 22.4 Å². The number of benzene rings is 3. The minimum absolute atomic E-state index is 0.0314. The van der Waals surface area contributed by atoms with Crippen LogP contribution in [0.4, 0.5) is 18.9 Å². The van der Waals surface area contributed by atoms with Gasteiger partial charge >= 0.3 is 12.1 Å². The lowest BCUT2D eigenvalue weighted by Gasteiger charge is -2.10. The van der Waals surface area contributed by atoms with Gasteiger partial charge in [0.1, 0.15) is 10.7 Å². The number of halogens is 3. The average molecular weight is 592 g/mol. The second kappa shape index (κ2) is 12.1. The summed E-state index contributed by atoms with van der Waals surface area (Å²) in [7, 11) is -3.88. The molecule has 3 aromatic carbocycles. The van der Waals surface area contributed by atoms with Crippen LogP contribution in [0, 0.1) is 5.41 Å². The Bertz CT molecular complexity index is 1670. The Labute approximate surface area is 229 Å². The highest BCUT2D eigenvalue weighted by atomic mass is 32.2. The maximum Gasteiger partial charge on any atom is 0.490 e. The minimum atomic E-state index is -5.08. The number of anilines is 1. The minimum Gasteiger partial charge on any atom is -0.475 e. The van der Waals surface area contributed by atoms with Gasteiger partial charge in [0.15, 0.2) is 0 Å². The van der Waals surface area contributed by atoms with E-state index in [4.69, 9.17) is 26.2 Å². The van der Waals surface area contributed by atoms with Crippen molar-refractivity contribution >= 4 is 44.8 Å². The molecule has 1 aromatic heterocycles. The standard InChI is InChI=1S/C23H19N5O3S2.C2HF3O2/c24-22(25)16-5-3-4-15(12-16)20-21(32-13-27-20)23(29)28-17-10-8-14(9-11-17)18-6-1-2-7-19(18)33(26,30)31;3-2(4,5)1(6)7/h1-13H,(H3,24,25)(H,28,29)(H2,26,30,31);(H,6,7). The van der Waals surface area contributed by atoms with Crippen molar-refractivity contribution in [2.75, 3.05) is 5.32 Å². The largest absolute Gasteiger partial charge is 0.490 e. The van der Waals surface area contributed by atoms with Gasteiger partial charge in [-0.25, -0.2) is 23.3 Å². The number of alkyl halides is 3. The Balaban J connectivity index is 0.000000559. The van der Waals surface area contributed by atoms with E-state index in [-0.39, 0.29) is 16.6 Å². The van der Waals surface area contributed by atoms with Crippen LogP contribution in [0.3, 0.4) is 0 Å². The molecule has 0 unspecified atom stereocenters. The van der Waals surface area contributed by atoms with Crippen LogP contribution in [-0.4, -0.2) is 42.4 Å². The second-order valence-electron chi connectivity index (χ2n) is 7.90. The van der Waals surface area contributed by atoms with Gasteiger partial charge in [0.2, 0.25) is 10.0 Å². The molecule has 0 aliphatic carbocycles. The number of rotatable bonds is 6. The number of hydrogen-bond donors (Lipinski definition) is 5. The maximum atomic E-state index is 12.9. The van der Waals surface area contributed by atoms with Crippen molar-refractivity contribution in [1.82, 2.24) is 4.98 Å². The van der Waals surface area contributed by atoms with E-state index in [1.165, 1.54) is 17.4 Å². The number of primary sulfonamides is 1. The average Bonchev–Trinajstić information content (AvgIpc) is 3.39. The molecule has 1 heterocycles. The number of carboxylic acids is 1. The second-order valence-corrected chi connectivity index (χ2v) is 10.3. The number of hydrogen-bond acceptors (Lipinski definition) is 7. The lowest BCUT2D eigenvalue weighted by atomic mass is 10.1. The molecule has 0 bridgehead atoms. The number of amidine groups is 1. The van der Waals surface area contributed by atoms with E-state index < -0.39 is 22.2 Å². The smallest absolute Gasteiger partial charge is 0.475 e. The first-order valence-electron chi connectivity index (χ1n) is 10.9. The third kappa shape index (κ3) is 7.49. The molecule has 0 fully saturated rings. The summed E-state index contributed by atoms with van der Waals surface area (Å²) in [5.74, 6) is -3.16. The highest BCUT2D eigenvalue weighted by Gasteiger charge is 2.38. The van der Waals surface area contributed by atoms with E-state index in [1.807, 2.05) is 0 Å². The third-order valence-corrected chi connectivity index (χ3v) is 6.90. The zero-order valence-corrected chi connectivity index (χ0v) is 21.8. The molecule has 0 saturated carbocycles. The van der Waals surface area contributed by atoms with Gasteiger partial charge in [0, 0.05) is 22.4 Å². The fraction of sp³-hybridized carbons (Fsp3) is 0.0400. The van der Waals surface area contributed by atoms with Gasteiger partial charge in [-0.05, 0) is 29.8 Å². The number of carbonyl (C=O) groups excluding carboxylic acids is 1. The maximum absolute atomic E-state index is 12.9. The molecule has 0 atom stereocenters. The van der Waals surface area contributed by atoms with Crippen LogP contribution >= 0.6 is 11.3 Å². The summed E-state index contributed by atoms with van der Waals surface area (Å²) < 4.78 is 55.5. The number of nitrogen functional groups attached to an aromatic ring is 1. The van der Waals surface area contributed by atoms with E-state index in [2.05, 4.69) is 10.3 Å². The van der Waals surface area contributed by atoms with Gasteiger partial charge in [-0.15, -0.1) is 11.3 Å². The quantitative estimate of drug-likeness (QED) is 0.163. The SMILES string of the molecule is N=C(N)c1cccc(-c2ncsc2C(=O)Nc2ccc(-c3ccccc3S(N)(=O)=O)cc2)c1.O=C(O)C(F)(F)F. The summed E-state index contributed by atoms with van der Waals surface area (Å²) in [6.07, 6.45) is -5.08. The predicted molar refractivity (Wildman–Crippen MR) is 143 cm³/mol. The van der Waals surface area contributed by atoms with Crippen molar-refractivity contribution < 1.29 is 36.3 Å². The zero-order chi connectivity index (χ0) is 29.7. The van der Waals surface area contributed by atoms with Crippen molar-refractivity contribution in [2.45, 2.75) is 11.1 Å². The normalized spacial score (nSPS) is 11.2. The topological polar surface area (TPSA) is 189 Å². The summed E-state index contributed by atoms with van der Waals surface area (Å²) >= 11 is 1.20. The predicted octanol–water partition coefficient (Wildman–Crippen LogP) is 4.29. The van der Waals surface area contributed by atoms with Crippen molar-refractivity contribution in [3.8, 4) is 22.4 Å². The highest BCUT2D eigenvalue weighted by molar-refractivity contribution is 7.89. The van der Waals surface area contributed by atoms with Gasteiger partial charge in [-0.3, -0.25) is 10.2 Å². The highest BCUT2D eigenvalue weighted by Crippen LogP contribution is 2.29. The van der Waals surface area contributed by atoms with Crippen LogP contribution in [-0.2, 0) is 14.8 Å². The first-order valence-corrected chi connectivity index (χ1v) is 13.3. The number of aliphatic carboxylic acids is 1. The van der Waals surface area contributed by atoms with Crippen molar-refractivity contribution in [1.29, 1.82) is 5.41 Å². The first kappa shape index (κ1) is 29.9. The third-order valence-electron chi connectivity index (χ3n) is 5.11. The lowest BCUT2D eigenvalue weighted by molar-refractivity contribution is -0.192. The van der Waals surface area contributed by atoms with Crippen LogP contribution < -0.4 is 16.2 Å². The molecule has 40 heavy (non-hydrogen) atoms. The molecule has 4 aromatic rings. The Morgan fingerprint density at radius 2 is 1.60 bits per heavy atom. The summed E-state index contributed by atoms with van der Waals surface area (Å²) in [6.45, 7) is 0. The molecule has 0 spiro atoms. The van der Waals surface area contributed by atoms with Crippen LogP contribution in [0.1, 0.15) is 15.2 Å². The Hall–Kier alpha value is -4.60. The summed E-state index contributed by atoms with van der Waals surface area (Å²) in [6, 6.07) is 20.2. The van der Waals surface area contributed by atoms with Gasteiger partial charge < -0.3 is 16.2 Å². The van der Waals surface area contributed by atoms with Gasteiger partial charge in [0.25, 0.3) is 5.91 Å². The molecule has 208 valence electrons. The fourth-order valence-electron chi connectivity index (χ4n) is 3.32. The van der Waals surface area contributed by atoms with Crippen LogP contribution in [0.15, 0.2) is 83.2 Å². The number of amides is 1. The van der Waals surface area contributed by atoms with E-state index in [0.29, 0.717) is 38.5 Å². The Morgan fingerprint density at radius 1 is 0.975 bits per heavy atom. The molecule has 0 radical (unpaired) electrons. The Kier molecular flexibility index (Phi) is 9.03. The van der Waals surface area contributed by atoms with E-state index in [0.717, 1.165) is 0 Å². The molecule has 15 heteroatoms. The van der Waals surface area contributed by atoms with E-state index in [1.54, 1.807) is 72.2 Å². The van der Waals surface area contributed by atoms with Crippen molar-refractivity contribution in [3.05, 3.63) is 88.7 Å². The molecule has 0 saturated heterocycles. The number of carboxylic acid groups (broad SMARTS) is 1. The molecule has 0 aliphatic heterocycles. The lowest BCUT2D eigenvalue weighted by Crippen LogP contribution is -2.21. The first-order chi connectivity index (χ1) is 18.7. The monoisotopic (exact) mass is 591 g/mol. The van der Waals surface area contributed by atoms with Gasteiger partial charge in [-0.2, -0.15) is 13.2 Å². The number of nitrogens with one attached hydrogen (secondary N) is 2. The summed E-state index contributed by atoms with van der Waals surface area (Å²) in [4.78, 5) is 26.6. The summed E-state index contributed by atoms with van der Waals surface area (Å²) in [5, 5.41) is 22.9. The molecule has 4 rings (SSSR count). The number of carbonyl (C=O) groups is 2. The van der Waals surface area contributed by atoms with Crippen molar-refractivity contribution in [2.24, 2.45) is 10.9 Å². The number of nitrogens with zero attached hydrogens (tertiary/aromatic N) is 1. The molecule has 10 nitrogen and oxygen atoms in total. The molecular formula is C25H20F3N5O5S2. The molecular weight excluding hydrogens is 571 g/mol. The summed E-state index contributed by atoms with van der Waals surface area (Å²) in [5.41, 5.74) is 10.5. The van der Waals surface area contributed by atoms with Crippen LogP contribution in [0.2, 0.25) is 0 Å². The number of thiazole rings is 1. The van der Waals surface area contributed by atoms with E-state index >= 15 is 0 Å². The number of sulfonamides is 1. The zero-order valence-electron chi connectivity index (χ0n) is 20.1.